The Balaban J connectivity index is 2.54. The van der Waals surface area contributed by atoms with Crippen molar-refractivity contribution < 1.29 is 4.79 Å². The summed E-state index contributed by atoms with van der Waals surface area (Å²) in [4.78, 5) is 14.3. The van der Waals surface area contributed by atoms with Gasteiger partial charge in [-0.2, -0.15) is 0 Å². The maximum Gasteiger partial charge on any atom is 0.176 e. The topological polar surface area (TPSA) is 20.3 Å². The largest absolute Gasteiger partial charge is 0.296 e. The molecule has 0 aliphatic rings. The molecule has 0 aliphatic carbocycles. The van der Waals surface area contributed by atoms with Crippen LogP contribution in [-0.4, -0.2) is 30.3 Å². The molecule has 0 aliphatic heterocycles. The highest BCUT2D eigenvalue weighted by atomic mass is 16.1. The Morgan fingerprint density at radius 1 is 1.24 bits per heavy atom. The smallest absolute Gasteiger partial charge is 0.176 e. The number of Topliss-reactive ketones (excluding diaryl/α,β-unsaturated/α-hetero) is 1. The van der Waals surface area contributed by atoms with E-state index in [1.807, 2.05) is 30.3 Å². The minimum atomic E-state index is 0.218. The molecule has 0 saturated carbocycles. The van der Waals surface area contributed by atoms with E-state index < -0.39 is 0 Å². The van der Waals surface area contributed by atoms with Gasteiger partial charge in [0.1, 0.15) is 0 Å². The second-order valence-electron chi connectivity index (χ2n) is 4.63. The van der Waals surface area contributed by atoms with Gasteiger partial charge in [-0.15, -0.1) is 0 Å². The molecule has 0 spiro atoms. The van der Waals surface area contributed by atoms with E-state index in [4.69, 9.17) is 0 Å². The normalized spacial score (nSPS) is 12.7. The number of nitrogens with zero attached hydrogens (tertiary/aromatic N) is 1. The van der Waals surface area contributed by atoms with Crippen LogP contribution in [0, 0.1) is 5.92 Å². The number of likely N-dealkylation sites (N-methyl/N-ethyl adjacent to an activating group) is 1. The van der Waals surface area contributed by atoms with Gasteiger partial charge in [-0.3, -0.25) is 9.69 Å². The van der Waals surface area contributed by atoms with Crippen molar-refractivity contribution in [2.45, 2.75) is 27.2 Å². The minimum Gasteiger partial charge on any atom is -0.296 e. The summed E-state index contributed by atoms with van der Waals surface area (Å²) in [5, 5.41) is 0. The Bertz CT molecular complexity index is 334. The Morgan fingerprint density at radius 2 is 1.88 bits per heavy atom. The van der Waals surface area contributed by atoms with Crippen molar-refractivity contribution in [3.05, 3.63) is 35.9 Å². The molecule has 1 atom stereocenters. The van der Waals surface area contributed by atoms with E-state index in [2.05, 4.69) is 25.7 Å². The lowest BCUT2D eigenvalue weighted by atomic mass is 10.1. The second kappa shape index (κ2) is 7.23. The molecule has 2 heteroatoms. The molecule has 0 bridgehead atoms. The van der Waals surface area contributed by atoms with Crippen LogP contribution in [-0.2, 0) is 0 Å². The molecular weight excluding hydrogens is 210 g/mol. The summed E-state index contributed by atoms with van der Waals surface area (Å²) in [6, 6.07) is 9.54. The number of ketones is 1. The zero-order chi connectivity index (χ0) is 12.7. The van der Waals surface area contributed by atoms with Crippen molar-refractivity contribution in [2.24, 2.45) is 5.92 Å². The Kier molecular flexibility index (Phi) is 5.92. The van der Waals surface area contributed by atoms with Crippen molar-refractivity contribution in [2.75, 3.05) is 19.6 Å². The number of rotatable bonds is 7. The molecule has 2 nitrogen and oxygen atoms in total. The van der Waals surface area contributed by atoms with E-state index in [0.29, 0.717) is 12.5 Å². The van der Waals surface area contributed by atoms with Crippen LogP contribution in [0.25, 0.3) is 0 Å². The standard InChI is InChI=1S/C15H23NO/c1-4-13(3)11-16(5-2)12-15(17)14-9-7-6-8-10-14/h6-10,13H,4-5,11-12H2,1-3H3. The van der Waals surface area contributed by atoms with Crippen molar-refractivity contribution >= 4 is 5.78 Å². The van der Waals surface area contributed by atoms with Gasteiger partial charge in [0.25, 0.3) is 0 Å². The van der Waals surface area contributed by atoms with Gasteiger partial charge >= 0.3 is 0 Å². The van der Waals surface area contributed by atoms with Crippen LogP contribution >= 0.6 is 0 Å². The molecule has 1 aromatic rings. The van der Waals surface area contributed by atoms with Gasteiger partial charge in [0.2, 0.25) is 0 Å². The summed E-state index contributed by atoms with van der Waals surface area (Å²) in [5.41, 5.74) is 0.815. The summed E-state index contributed by atoms with van der Waals surface area (Å²) >= 11 is 0. The first-order valence-electron chi connectivity index (χ1n) is 6.48. The first-order valence-corrected chi connectivity index (χ1v) is 6.48. The first kappa shape index (κ1) is 13.9. The number of hydrogen-bond acceptors (Lipinski definition) is 2. The van der Waals surface area contributed by atoms with E-state index >= 15 is 0 Å². The monoisotopic (exact) mass is 233 g/mol. The molecule has 0 aromatic heterocycles. The van der Waals surface area contributed by atoms with Crippen LogP contribution < -0.4 is 0 Å². The van der Waals surface area contributed by atoms with Crippen molar-refractivity contribution in [3.8, 4) is 0 Å². The molecule has 0 N–H and O–H groups in total. The zero-order valence-electron chi connectivity index (χ0n) is 11.1. The fraction of sp³-hybridized carbons (Fsp3) is 0.533. The molecule has 1 aromatic carbocycles. The lowest BCUT2D eigenvalue weighted by Crippen LogP contribution is -2.33. The quantitative estimate of drug-likeness (QED) is 0.674. The average molecular weight is 233 g/mol. The molecule has 17 heavy (non-hydrogen) atoms. The molecule has 1 rings (SSSR count). The Hall–Kier alpha value is -1.15. The molecule has 0 amide bonds. The maximum absolute atomic E-state index is 12.0. The molecule has 94 valence electrons. The lowest BCUT2D eigenvalue weighted by molar-refractivity contribution is 0.0924. The second-order valence-corrected chi connectivity index (χ2v) is 4.63. The third-order valence-electron chi connectivity index (χ3n) is 3.18. The zero-order valence-corrected chi connectivity index (χ0v) is 11.1. The first-order chi connectivity index (χ1) is 8.17. The SMILES string of the molecule is CCC(C)CN(CC)CC(=O)c1ccccc1. The molecule has 0 heterocycles. The summed E-state index contributed by atoms with van der Waals surface area (Å²) in [7, 11) is 0. The van der Waals surface area contributed by atoms with E-state index in [0.717, 1.165) is 25.1 Å². The van der Waals surface area contributed by atoms with Crippen molar-refractivity contribution in [1.29, 1.82) is 0 Å². The summed E-state index contributed by atoms with van der Waals surface area (Å²) in [5.74, 6) is 0.870. The number of benzene rings is 1. The van der Waals surface area contributed by atoms with Crippen LogP contribution in [0.5, 0.6) is 0 Å². The summed E-state index contributed by atoms with van der Waals surface area (Å²) in [6.45, 7) is 9.01. The van der Waals surface area contributed by atoms with Crippen molar-refractivity contribution in [1.82, 2.24) is 4.90 Å². The third kappa shape index (κ3) is 4.70. The maximum atomic E-state index is 12.0. The van der Waals surface area contributed by atoms with E-state index in [-0.39, 0.29) is 5.78 Å². The van der Waals surface area contributed by atoms with E-state index in [1.54, 1.807) is 0 Å². The fourth-order valence-corrected chi connectivity index (χ4v) is 1.79. The number of hydrogen-bond donors (Lipinski definition) is 0. The van der Waals surface area contributed by atoms with Crippen LogP contribution in [0.3, 0.4) is 0 Å². The highest BCUT2D eigenvalue weighted by Crippen LogP contribution is 2.06. The highest BCUT2D eigenvalue weighted by Gasteiger charge is 2.12. The van der Waals surface area contributed by atoms with E-state index in [9.17, 15) is 4.79 Å². The van der Waals surface area contributed by atoms with Gasteiger partial charge in [0.15, 0.2) is 5.78 Å². The molecule has 0 radical (unpaired) electrons. The van der Waals surface area contributed by atoms with Gasteiger partial charge in [-0.05, 0) is 12.5 Å². The highest BCUT2D eigenvalue weighted by molar-refractivity contribution is 5.97. The van der Waals surface area contributed by atoms with Crippen molar-refractivity contribution in [3.63, 3.8) is 0 Å². The summed E-state index contributed by atoms with van der Waals surface area (Å²) < 4.78 is 0. The van der Waals surface area contributed by atoms with Crippen LogP contribution in [0.2, 0.25) is 0 Å². The average Bonchev–Trinajstić information content (AvgIpc) is 2.38. The van der Waals surface area contributed by atoms with Crippen LogP contribution in [0.15, 0.2) is 30.3 Å². The fourth-order valence-electron chi connectivity index (χ4n) is 1.79. The number of carbonyl (C=O) groups excluding carboxylic acids is 1. The van der Waals surface area contributed by atoms with Gasteiger partial charge in [0, 0.05) is 12.1 Å². The van der Waals surface area contributed by atoms with Crippen LogP contribution in [0.4, 0.5) is 0 Å². The lowest BCUT2D eigenvalue weighted by Gasteiger charge is -2.22. The predicted molar refractivity (Wildman–Crippen MR) is 72.3 cm³/mol. The third-order valence-corrected chi connectivity index (χ3v) is 3.18. The Morgan fingerprint density at radius 3 is 2.41 bits per heavy atom. The van der Waals surface area contributed by atoms with Crippen LogP contribution in [0.1, 0.15) is 37.6 Å². The van der Waals surface area contributed by atoms with Gasteiger partial charge in [0.05, 0.1) is 6.54 Å². The van der Waals surface area contributed by atoms with Gasteiger partial charge in [-0.1, -0.05) is 57.5 Å². The summed E-state index contributed by atoms with van der Waals surface area (Å²) in [6.07, 6.45) is 1.16. The van der Waals surface area contributed by atoms with E-state index in [1.165, 1.54) is 0 Å². The molecular formula is C15H23NO. The number of carbonyl (C=O) groups is 1. The molecule has 0 fully saturated rings. The Labute approximate surface area is 105 Å². The van der Waals surface area contributed by atoms with Gasteiger partial charge < -0.3 is 0 Å². The minimum absolute atomic E-state index is 0.218. The molecule has 1 unspecified atom stereocenters. The van der Waals surface area contributed by atoms with Gasteiger partial charge in [-0.25, -0.2) is 0 Å². The molecule has 0 saturated heterocycles. The predicted octanol–water partition coefficient (Wildman–Crippen LogP) is 3.24.